The summed E-state index contributed by atoms with van der Waals surface area (Å²) in [7, 11) is 0. The smallest absolute Gasteiger partial charge is 0.152 e. The van der Waals surface area contributed by atoms with Gasteiger partial charge in [0.15, 0.2) is 5.75 Å². The minimum Gasteiger partial charge on any atom is -0.505 e. The van der Waals surface area contributed by atoms with Crippen LogP contribution in [-0.2, 0) is 0 Å². The van der Waals surface area contributed by atoms with E-state index in [9.17, 15) is 5.11 Å². The van der Waals surface area contributed by atoms with Crippen LogP contribution in [0.1, 0.15) is 26.2 Å². The van der Waals surface area contributed by atoms with Gasteiger partial charge in [-0.1, -0.05) is 30.1 Å². The molecule has 1 unspecified atom stereocenters. The molecule has 0 heterocycles. The number of aromatic hydroxyl groups is 1. The number of benzene rings is 1. The number of hydrogen-bond acceptors (Lipinski definition) is 2. The topological polar surface area (TPSA) is 32.3 Å². The summed E-state index contributed by atoms with van der Waals surface area (Å²) in [5.41, 5.74) is 0.881. The second kappa shape index (κ2) is 4.72. The van der Waals surface area contributed by atoms with Gasteiger partial charge in [-0.15, -0.1) is 0 Å². The van der Waals surface area contributed by atoms with Crippen LogP contribution in [-0.4, -0.2) is 11.1 Å². The van der Waals surface area contributed by atoms with E-state index in [0.29, 0.717) is 16.1 Å². The van der Waals surface area contributed by atoms with Gasteiger partial charge >= 0.3 is 0 Å². The fourth-order valence-electron chi connectivity index (χ4n) is 1.91. The van der Waals surface area contributed by atoms with E-state index in [2.05, 4.69) is 12.2 Å². The summed E-state index contributed by atoms with van der Waals surface area (Å²) in [5, 5.41) is 13.5. The fourth-order valence-corrected chi connectivity index (χ4v) is 2.40. The highest BCUT2D eigenvalue weighted by atomic mass is 35.5. The van der Waals surface area contributed by atoms with Crippen LogP contribution in [0.15, 0.2) is 12.1 Å². The number of phenolic OH excluding ortho intramolecular Hbond substituents is 1. The lowest BCUT2D eigenvalue weighted by Crippen LogP contribution is -2.20. The molecular formula is C12H15Cl2NO. The van der Waals surface area contributed by atoms with Crippen LogP contribution in [0.3, 0.4) is 0 Å². The average Bonchev–Trinajstić information content (AvgIpc) is 3.06. The second-order valence-corrected chi connectivity index (χ2v) is 5.10. The van der Waals surface area contributed by atoms with E-state index in [-0.39, 0.29) is 5.75 Å². The molecule has 2 rings (SSSR count). The van der Waals surface area contributed by atoms with Crippen molar-refractivity contribution in [3.8, 4) is 5.75 Å². The van der Waals surface area contributed by atoms with E-state index in [1.807, 2.05) is 0 Å². The summed E-state index contributed by atoms with van der Waals surface area (Å²) in [6.45, 7) is 2.17. The van der Waals surface area contributed by atoms with Gasteiger partial charge in [-0.2, -0.15) is 0 Å². The van der Waals surface area contributed by atoms with Crippen molar-refractivity contribution < 1.29 is 5.11 Å². The SMILES string of the molecule is CCC(Nc1cc(Cl)c(O)c(Cl)c1)C1CC1. The van der Waals surface area contributed by atoms with Crippen LogP contribution in [0.25, 0.3) is 0 Å². The van der Waals surface area contributed by atoms with Crippen LogP contribution >= 0.6 is 23.2 Å². The average molecular weight is 260 g/mol. The summed E-state index contributed by atoms with van der Waals surface area (Å²) >= 11 is 11.7. The molecule has 0 radical (unpaired) electrons. The molecule has 2 nitrogen and oxygen atoms in total. The molecule has 1 aromatic carbocycles. The maximum absolute atomic E-state index is 9.45. The molecular weight excluding hydrogens is 245 g/mol. The third kappa shape index (κ3) is 2.55. The summed E-state index contributed by atoms with van der Waals surface area (Å²) in [6, 6.07) is 3.92. The minimum absolute atomic E-state index is 0.0478. The number of anilines is 1. The van der Waals surface area contributed by atoms with Crippen LogP contribution in [0, 0.1) is 5.92 Å². The van der Waals surface area contributed by atoms with Crippen molar-refractivity contribution in [3.05, 3.63) is 22.2 Å². The predicted octanol–water partition coefficient (Wildman–Crippen LogP) is 4.30. The van der Waals surface area contributed by atoms with Crippen LogP contribution in [0.2, 0.25) is 10.0 Å². The largest absolute Gasteiger partial charge is 0.505 e. The second-order valence-electron chi connectivity index (χ2n) is 4.29. The molecule has 0 aliphatic heterocycles. The molecule has 0 spiro atoms. The van der Waals surface area contributed by atoms with Crippen molar-refractivity contribution in [1.82, 2.24) is 0 Å². The monoisotopic (exact) mass is 259 g/mol. The number of halogens is 2. The van der Waals surface area contributed by atoms with E-state index in [1.165, 1.54) is 12.8 Å². The van der Waals surface area contributed by atoms with Crippen molar-refractivity contribution in [3.63, 3.8) is 0 Å². The molecule has 1 aromatic rings. The Hall–Kier alpha value is -0.600. The summed E-state index contributed by atoms with van der Waals surface area (Å²) in [6.07, 6.45) is 3.68. The van der Waals surface area contributed by atoms with E-state index < -0.39 is 0 Å². The first-order valence-corrected chi connectivity index (χ1v) is 6.32. The normalized spacial score (nSPS) is 17.2. The Bertz CT molecular complexity index is 368. The lowest BCUT2D eigenvalue weighted by Gasteiger charge is -2.18. The van der Waals surface area contributed by atoms with Gasteiger partial charge in [0.05, 0.1) is 10.0 Å². The maximum atomic E-state index is 9.45. The third-order valence-corrected chi connectivity index (χ3v) is 3.58. The number of phenols is 1. The molecule has 1 saturated carbocycles. The van der Waals surface area contributed by atoms with Crippen LogP contribution in [0.5, 0.6) is 5.75 Å². The van der Waals surface area contributed by atoms with E-state index in [1.54, 1.807) is 12.1 Å². The Kier molecular flexibility index (Phi) is 3.50. The molecule has 0 aromatic heterocycles. The molecule has 0 saturated heterocycles. The summed E-state index contributed by atoms with van der Waals surface area (Å²) in [5.74, 6) is 0.727. The molecule has 16 heavy (non-hydrogen) atoms. The van der Waals surface area contributed by atoms with Crippen molar-refractivity contribution in [2.24, 2.45) is 5.92 Å². The van der Waals surface area contributed by atoms with Gasteiger partial charge in [-0.3, -0.25) is 0 Å². The first-order chi connectivity index (χ1) is 7.61. The Labute approximate surface area is 106 Å². The Morgan fingerprint density at radius 3 is 2.38 bits per heavy atom. The zero-order valence-electron chi connectivity index (χ0n) is 9.13. The zero-order valence-corrected chi connectivity index (χ0v) is 10.6. The molecule has 1 fully saturated rings. The van der Waals surface area contributed by atoms with Crippen molar-refractivity contribution in [2.45, 2.75) is 32.2 Å². The van der Waals surface area contributed by atoms with Gasteiger partial charge in [-0.05, 0) is 37.3 Å². The molecule has 0 bridgehead atoms. The molecule has 1 atom stereocenters. The Morgan fingerprint density at radius 1 is 1.38 bits per heavy atom. The van der Waals surface area contributed by atoms with Crippen LogP contribution in [0.4, 0.5) is 5.69 Å². The maximum Gasteiger partial charge on any atom is 0.152 e. The van der Waals surface area contributed by atoms with E-state index >= 15 is 0 Å². The molecule has 0 amide bonds. The summed E-state index contributed by atoms with van der Waals surface area (Å²) < 4.78 is 0. The van der Waals surface area contributed by atoms with Gasteiger partial charge in [-0.25, -0.2) is 0 Å². The Balaban J connectivity index is 2.14. The van der Waals surface area contributed by atoms with E-state index in [0.717, 1.165) is 18.0 Å². The first-order valence-electron chi connectivity index (χ1n) is 5.56. The van der Waals surface area contributed by atoms with Gasteiger partial charge in [0, 0.05) is 11.7 Å². The van der Waals surface area contributed by atoms with Crippen LogP contribution < -0.4 is 5.32 Å². The molecule has 2 N–H and O–H groups in total. The molecule has 1 aliphatic rings. The zero-order chi connectivity index (χ0) is 11.7. The van der Waals surface area contributed by atoms with Gasteiger partial charge < -0.3 is 10.4 Å². The standard InChI is InChI=1S/C12H15Cl2NO/c1-2-11(7-3-4-7)15-8-5-9(13)12(16)10(14)6-8/h5-7,11,15-16H,2-4H2,1H3. The molecule has 4 heteroatoms. The van der Waals surface area contributed by atoms with E-state index in [4.69, 9.17) is 23.2 Å². The van der Waals surface area contributed by atoms with Gasteiger partial charge in [0.25, 0.3) is 0 Å². The van der Waals surface area contributed by atoms with Crippen molar-refractivity contribution in [1.29, 1.82) is 0 Å². The number of nitrogens with one attached hydrogen (secondary N) is 1. The molecule has 1 aliphatic carbocycles. The van der Waals surface area contributed by atoms with Crippen molar-refractivity contribution in [2.75, 3.05) is 5.32 Å². The predicted molar refractivity (Wildman–Crippen MR) is 68.6 cm³/mol. The van der Waals surface area contributed by atoms with Gasteiger partial charge in [0.1, 0.15) is 0 Å². The third-order valence-electron chi connectivity index (χ3n) is 3.00. The number of rotatable bonds is 4. The highest BCUT2D eigenvalue weighted by Crippen LogP contribution is 2.38. The lowest BCUT2D eigenvalue weighted by atomic mass is 10.1. The molecule has 88 valence electrons. The quantitative estimate of drug-likeness (QED) is 0.791. The highest BCUT2D eigenvalue weighted by Gasteiger charge is 2.29. The van der Waals surface area contributed by atoms with Gasteiger partial charge in [0.2, 0.25) is 0 Å². The number of hydrogen-bond donors (Lipinski definition) is 2. The minimum atomic E-state index is -0.0478. The first kappa shape index (κ1) is 11.9. The lowest BCUT2D eigenvalue weighted by molar-refractivity contribution is 0.476. The summed E-state index contributed by atoms with van der Waals surface area (Å²) in [4.78, 5) is 0. The Morgan fingerprint density at radius 2 is 1.94 bits per heavy atom. The fraction of sp³-hybridized carbons (Fsp3) is 0.500. The van der Waals surface area contributed by atoms with Crippen molar-refractivity contribution >= 4 is 28.9 Å². The highest BCUT2D eigenvalue weighted by molar-refractivity contribution is 6.37.